The van der Waals surface area contributed by atoms with E-state index in [1.165, 1.54) is 0 Å². The minimum atomic E-state index is 0.0942. The summed E-state index contributed by atoms with van der Waals surface area (Å²) in [4.78, 5) is 12.6. The summed E-state index contributed by atoms with van der Waals surface area (Å²) in [5.41, 5.74) is 1.92. The average Bonchev–Trinajstić information content (AvgIpc) is 2.68. The molecule has 0 aliphatic heterocycles. The number of alkyl halides is 1. The van der Waals surface area contributed by atoms with Crippen LogP contribution in [0.15, 0.2) is 10.8 Å². The van der Waals surface area contributed by atoms with E-state index in [-0.39, 0.29) is 5.91 Å². The molecule has 1 fully saturated rings. The summed E-state index contributed by atoms with van der Waals surface area (Å²) >= 11 is 5.21. The molecule has 0 spiro atoms. The number of amides is 1. The summed E-state index contributed by atoms with van der Waals surface area (Å²) in [7, 11) is 0. The molecule has 1 amide bonds. The number of nitrogens with one attached hydrogen (secondary N) is 1. The first-order chi connectivity index (χ1) is 7.66. The predicted molar refractivity (Wildman–Crippen MR) is 71.5 cm³/mol. The number of hydrogen-bond acceptors (Lipinski definition) is 2. The molecule has 4 heteroatoms. The van der Waals surface area contributed by atoms with Gasteiger partial charge in [0.05, 0.1) is 5.56 Å². The Bertz CT molecular complexity index is 369. The fraction of sp³-hybridized carbons (Fsp3) is 0.583. The van der Waals surface area contributed by atoms with Crippen LogP contribution in [0.4, 0.5) is 0 Å². The molecule has 16 heavy (non-hydrogen) atoms. The summed E-state index contributed by atoms with van der Waals surface area (Å²) < 4.78 is 0. The molecule has 1 saturated carbocycles. The van der Waals surface area contributed by atoms with Gasteiger partial charge in [0, 0.05) is 16.2 Å². The van der Waals surface area contributed by atoms with Crippen LogP contribution < -0.4 is 5.32 Å². The average molecular weight is 302 g/mol. The van der Waals surface area contributed by atoms with E-state index in [1.807, 2.05) is 17.7 Å². The minimum absolute atomic E-state index is 0.0942. The molecule has 1 aromatic heterocycles. The van der Waals surface area contributed by atoms with Crippen molar-refractivity contribution in [3.8, 4) is 0 Å². The summed E-state index contributed by atoms with van der Waals surface area (Å²) in [6.07, 6.45) is 4.50. The Hall–Kier alpha value is -0.350. The zero-order chi connectivity index (χ0) is 11.5. The second-order valence-corrected chi connectivity index (χ2v) is 6.43. The summed E-state index contributed by atoms with van der Waals surface area (Å²) in [6.45, 7) is 1.99. The number of carbonyl (C=O) groups excluding carboxylic acids is 1. The van der Waals surface area contributed by atoms with E-state index in [1.54, 1.807) is 11.3 Å². The van der Waals surface area contributed by atoms with Gasteiger partial charge in [-0.3, -0.25) is 4.79 Å². The van der Waals surface area contributed by atoms with Crippen LogP contribution in [0.25, 0.3) is 0 Å². The second kappa shape index (κ2) is 5.32. The lowest BCUT2D eigenvalue weighted by molar-refractivity contribution is 0.0928. The van der Waals surface area contributed by atoms with Gasteiger partial charge in [-0.2, -0.15) is 11.3 Å². The fourth-order valence-corrected chi connectivity index (χ4v) is 3.41. The number of rotatable bonds is 2. The summed E-state index contributed by atoms with van der Waals surface area (Å²) in [5.74, 6) is 0.0942. The highest BCUT2D eigenvalue weighted by Crippen LogP contribution is 2.24. The number of aryl methyl sites for hydroxylation is 1. The van der Waals surface area contributed by atoms with Crippen molar-refractivity contribution in [3.63, 3.8) is 0 Å². The van der Waals surface area contributed by atoms with Crippen LogP contribution in [-0.4, -0.2) is 16.8 Å². The van der Waals surface area contributed by atoms with E-state index in [2.05, 4.69) is 21.2 Å². The SMILES string of the molecule is Cc1cscc1C(=O)NC1CCC(Br)CC1. The number of halogens is 1. The molecule has 88 valence electrons. The van der Waals surface area contributed by atoms with E-state index in [0.29, 0.717) is 10.9 Å². The molecule has 2 rings (SSSR count). The van der Waals surface area contributed by atoms with Crippen LogP contribution in [0.2, 0.25) is 0 Å². The maximum atomic E-state index is 12.0. The largest absolute Gasteiger partial charge is 0.349 e. The molecule has 1 heterocycles. The smallest absolute Gasteiger partial charge is 0.252 e. The van der Waals surface area contributed by atoms with Gasteiger partial charge in [0.1, 0.15) is 0 Å². The van der Waals surface area contributed by atoms with Crippen molar-refractivity contribution in [1.29, 1.82) is 0 Å². The van der Waals surface area contributed by atoms with Gasteiger partial charge < -0.3 is 5.32 Å². The molecule has 1 aliphatic rings. The minimum Gasteiger partial charge on any atom is -0.349 e. The first kappa shape index (κ1) is 12.1. The maximum Gasteiger partial charge on any atom is 0.252 e. The molecule has 0 bridgehead atoms. The third kappa shape index (κ3) is 2.86. The van der Waals surface area contributed by atoms with Gasteiger partial charge in [-0.15, -0.1) is 0 Å². The van der Waals surface area contributed by atoms with E-state index >= 15 is 0 Å². The lowest BCUT2D eigenvalue weighted by atomic mass is 9.95. The zero-order valence-corrected chi connectivity index (χ0v) is 11.7. The van der Waals surface area contributed by atoms with Gasteiger partial charge in [-0.25, -0.2) is 0 Å². The summed E-state index contributed by atoms with van der Waals surface area (Å²) in [5, 5.41) is 7.08. The molecule has 1 N–H and O–H groups in total. The van der Waals surface area contributed by atoms with E-state index in [0.717, 1.165) is 36.8 Å². The van der Waals surface area contributed by atoms with Crippen molar-refractivity contribution < 1.29 is 4.79 Å². The quantitative estimate of drug-likeness (QED) is 0.833. The van der Waals surface area contributed by atoms with E-state index in [9.17, 15) is 4.79 Å². The normalized spacial score (nSPS) is 25.4. The Balaban J connectivity index is 1.91. The van der Waals surface area contributed by atoms with Crippen LogP contribution in [0, 0.1) is 6.92 Å². The van der Waals surface area contributed by atoms with Gasteiger partial charge in [0.2, 0.25) is 0 Å². The third-order valence-corrected chi connectivity index (χ3v) is 4.87. The molecule has 1 aromatic rings. The monoisotopic (exact) mass is 301 g/mol. The van der Waals surface area contributed by atoms with Gasteiger partial charge in [0.25, 0.3) is 5.91 Å². The molecule has 1 aliphatic carbocycles. The standard InChI is InChI=1S/C12H16BrNOS/c1-8-6-16-7-11(8)12(15)14-10-4-2-9(13)3-5-10/h6-7,9-10H,2-5H2,1H3,(H,14,15). The fourth-order valence-electron chi connectivity index (χ4n) is 2.05. The molecule has 0 atom stereocenters. The third-order valence-electron chi connectivity index (χ3n) is 3.09. The molecular weight excluding hydrogens is 286 g/mol. The molecule has 2 nitrogen and oxygen atoms in total. The Labute approximate surface area is 109 Å². The number of carbonyl (C=O) groups is 1. The van der Waals surface area contributed by atoms with Crippen molar-refractivity contribution in [2.75, 3.05) is 0 Å². The number of hydrogen-bond donors (Lipinski definition) is 1. The molecular formula is C12H16BrNOS. The van der Waals surface area contributed by atoms with Crippen LogP contribution in [0.3, 0.4) is 0 Å². The first-order valence-corrected chi connectivity index (χ1v) is 7.50. The van der Waals surface area contributed by atoms with E-state index < -0.39 is 0 Å². The van der Waals surface area contributed by atoms with Gasteiger partial charge >= 0.3 is 0 Å². The Kier molecular flexibility index (Phi) is 4.03. The Morgan fingerprint density at radius 1 is 1.38 bits per heavy atom. The second-order valence-electron chi connectivity index (χ2n) is 4.39. The lowest BCUT2D eigenvalue weighted by Crippen LogP contribution is -2.37. The molecule has 0 unspecified atom stereocenters. The van der Waals surface area contributed by atoms with Gasteiger partial charge in [0.15, 0.2) is 0 Å². The van der Waals surface area contributed by atoms with Crippen LogP contribution in [0.1, 0.15) is 41.6 Å². The number of thiophene rings is 1. The van der Waals surface area contributed by atoms with Crippen LogP contribution >= 0.6 is 27.3 Å². The zero-order valence-electron chi connectivity index (χ0n) is 9.33. The lowest BCUT2D eigenvalue weighted by Gasteiger charge is -2.26. The van der Waals surface area contributed by atoms with Crippen LogP contribution in [-0.2, 0) is 0 Å². The molecule has 0 saturated heterocycles. The van der Waals surface area contributed by atoms with Crippen molar-refractivity contribution in [2.24, 2.45) is 0 Å². The predicted octanol–water partition coefficient (Wildman–Crippen LogP) is 3.49. The van der Waals surface area contributed by atoms with Gasteiger partial charge in [-0.05, 0) is 43.6 Å². The molecule has 0 aromatic carbocycles. The topological polar surface area (TPSA) is 29.1 Å². The van der Waals surface area contributed by atoms with Crippen molar-refractivity contribution in [2.45, 2.75) is 43.5 Å². The highest BCUT2D eigenvalue weighted by molar-refractivity contribution is 9.09. The van der Waals surface area contributed by atoms with E-state index in [4.69, 9.17) is 0 Å². The summed E-state index contributed by atoms with van der Waals surface area (Å²) in [6, 6.07) is 0.362. The molecule has 0 radical (unpaired) electrons. The van der Waals surface area contributed by atoms with Gasteiger partial charge in [-0.1, -0.05) is 15.9 Å². The maximum absolute atomic E-state index is 12.0. The van der Waals surface area contributed by atoms with Crippen LogP contribution in [0.5, 0.6) is 0 Å². The van der Waals surface area contributed by atoms with Crippen molar-refractivity contribution in [1.82, 2.24) is 5.32 Å². The van der Waals surface area contributed by atoms with Crippen molar-refractivity contribution in [3.05, 3.63) is 21.9 Å². The Morgan fingerprint density at radius 2 is 2.06 bits per heavy atom. The highest BCUT2D eigenvalue weighted by atomic mass is 79.9. The first-order valence-electron chi connectivity index (χ1n) is 5.64. The van der Waals surface area contributed by atoms with Crippen molar-refractivity contribution >= 4 is 33.2 Å². The Morgan fingerprint density at radius 3 is 2.62 bits per heavy atom. The highest BCUT2D eigenvalue weighted by Gasteiger charge is 2.21.